The van der Waals surface area contributed by atoms with Gasteiger partial charge in [0, 0.05) is 25.3 Å². The minimum Gasteiger partial charge on any atom is -0.453 e. The Labute approximate surface area is 348 Å². The standard InChI is InChI=1S/C41H44ClF3N10O5/c1-21(2)35(54-40(59)60-5)39(58)55-19-22(3)12-33(55)36-49-18-31(52-36)25-8-6-24(7-9-25)27-13-29(42)30(14-28(27)41(43,44)45)53-37(56)26-10-11-34(48-16-26)47-15-23(4)51-38(57)32-17-46-20-50-32/h6-11,13-14,16-18,20-23,33,35H,12,15,19H2,1-5H3,(H,46,50)(H,47,48)(H,49,52)(H,51,57)(H,53,56)(H,54,59)/t22-,23-,33-,35-/m0/s1. The summed E-state index contributed by atoms with van der Waals surface area (Å²) in [5.41, 5.74) is 0.408. The fraction of sp³-hybridized carbons (Fsp3) is 0.341. The number of alkyl carbamates (subject to hydrolysis) is 1. The molecule has 0 spiro atoms. The van der Waals surface area contributed by atoms with Crippen molar-refractivity contribution < 1.29 is 37.1 Å². The van der Waals surface area contributed by atoms with Crippen molar-refractivity contribution in [1.29, 1.82) is 0 Å². The molecule has 1 fully saturated rings. The van der Waals surface area contributed by atoms with Gasteiger partial charge in [-0.3, -0.25) is 14.4 Å². The number of carbonyl (C=O) groups is 4. The fourth-order valence-electron chi connectivity index (χ4n) is 6.87. The number of aromatic amines is 2. The molecule has 1 aliphatic heterocycles. The first-order valence-corrected chi connectivity index (χ1v) is 19.4. The second-order valence-corrected chi connectivity index (χ2v) is 15.4. The van der Waals surface area contributed by atoms with Crippen LogP contribution in [0.1, 0.15) is 72.4 Å². The van der Waals surface area contributed by atoms with Crippen LogP contribution >= 0.6 is 11.6 Å². The van der Waals surface area contributed by atoms with E-state index in [1.54, 1.807) is 30.2 Å². The summed E-state index contributed by atoms with van der Waals surface area (Å²) in [7, 11) is 1.23. The van der Waals surface area contributed by atoms with E-state index in [1.807, 2.05) is 20.8 Å². The molecule has 15 nitrogen and oxygen atoms in total. The Kier molecular flexibility index (Phi) is 13.1. The Balaban J connectivity index is 1.13. The summed E-state index contributed by atoms with van der Waals surface area (Å²) in [5.74, 6) is -0.402. The number of carbonyl (C=O) groups excluding carboxylic acids is 4. The van der Waals surface area contributed by atoms with Crippen molar-refractivity contribution in [2.45, 2.75) is 58.4 Å². The van der Waals surface area contributed by atoms with Crippen LogP contribution < -0.4 is 21.3 Å². The van der Waals surface area contributed by atoms with Crippen LogP contribution in [-0.4, -0.2) is 85.9 Å². The van der Waals surface area contributed by atoms with E-state index < -0.39 is 29.8 Å². The number of methoxy groups -OCH3 is 1. The molecule has 0 saturated carbocycles. The SMILES string of the molecule is COC(=O)N[C@H](C(=O)N1C[C@@H](C)C[C@H]1c1ncc(-c2ccc(-c3cc(Cl)c(NC(=O)c4ccc(NC[C@H](C)NC(=O)c5cnc[nH]5)nc4)cc3C(F)(F)F)cc2)[nH]1)C(C)C. The van der Waals surface area contributed by atoms with Crippen molar-refractivity contribution in [1.82, 2.24) is 40.5 Å². The van der Waals surface area contributed by atoms with Gasteiger partial charge in [-0.15, -0.1) is 0 Å². The van der Waals surface area contributed by atoms with Gasteiger partial charge in [-0.25, -0.2) is 19.7 Å². The van der Waals surface area contributed by atoms with Crippen molar-refractivity contribution in [3.8, 4) is 22.4 Å². The topological polar surface area (TPSA) is 199 Å². The van der Waals surface area contributed by atoms with Crippen molar-refractivity contribution in [3.63, 3.8) is 0 Å². The monoisotopic (exact) mass is 848 g/mol. The Morgan fingerprint density at radius 2 is 1.70 bits per heavy atom. The van der Waals surface area contributed by atoms with E-state index in [2.05, 4.69) is 46.2 Å². The first kappa shape index (κ1) is 43.2. The molecule has 0 radical (unpaired) electrons. The zero-order chi connectivity index (χ0) is 43.3. The highest BCUT2D eigenvalue weighted by atomic mass is 35.5. The summed E-state index contributed by atoms with van der Waals surface area (Å²) in [4.78, 5) is 71.3. The average molecular weight is 849 g/mol. The number of anilines is 2. The van der Waals surface area contributed by atoms with E-state index in [9.17, 15) is 32.3 Å². The van der Waals surface area contributed by atoms with Crippen LogP contribution in [0.5, 0.6) is 0 Å². The van der Waals surface area contributed by atoms with E-state index in [0.29, 0.717) is 48.1 Å². The van der Waals surface area contributed by atoms with Gasteiger partial charge in [0.1, 0.15) is 23.4 Å². The van der Waals surface area contributed by atoms with Gasteiger partial charge in [0.15, 0.2) is 0 Å². The van der Waals surface area contributed by atoms with Crippen molar-refractivity contribution in [3.05, 3.63) is 101 Å². The predicted octanol–water partition coefficient (Wildman–Crippen LogP) is 7.31. The highest BCUT2D eigenvalue weighted by Gasteiger charge is 2.40. The van der Waals surface area contributed by atoms with Crippen LogP contribution in [-0.2, 0) is 15.7 Å². The second-order valence-electron chi connectivity index (χ2n) is 14.9. The van der Waals surface area contributed by atoms with Gasteiger partial charge >= 0.3 is 12.3 Å². The molecule has 0 bridgehead atoms. The van der Waals surface area contributed by atoms with Gasteiger partial charge in [-0.2, -0.15) is 13.2 Å². The summed E-state index contributed by atoms with van der Waals surface area (Å²) in [5, 5.41) is 10.8. The maximum atomic E-state index is 14.5. The molecule has 2 aromatic carbocycles. The molecular formula is C41H44ClF3N10O5. The zero-order valence-corrected chi connectivity index (χ0v) is 34.0. The summed E-state index contributed by atoms with van der Waals surface area (Å²) >= 11 is 6.49. The zero-order valence-electron chi connectivity index (χ0n) is 33.3. The fourth-order valence-corrected chi connectivity index (χ4v) is 7.08. The van der Waals surface area contributed by atoms with Gasteiger partial charge in [-0.05, 0) is 66.1 Å². The van der Waals surface area contributed by atoms with Gasteiger partial charge in [0.2, 0.25) is 5.91 Å². The number of nitrogens with one attached hydrogen (secondary N) is 6. The van der Waals surface area contributed by atoms with Crippen LogP contribution in [0.15, 0.2) is 73.4 Å². The summed E-state index contributed by atoms with van der Waals surface area (Å²) in [6.45, 7) is 8.25. The molecule has 316 valence electrons. The third-order valence-corrected chi connectivity index (χ3v) is 10.3. The number of benzene rings is 2. The molecule has 5 aromatic rings. The van der Waals surface area contributed by atoms with E-state index in [1.165, 1.54) is 50.1 Å². The Bertz CT molecular complexity index is 2320. The molecule has 6 N–H and O–H groups in total. The number of hydrogen-bond acceptors (Lipinski definition) is 9. The smallest absolute Gasteiger partial charge is 0.417 e. The molecule has 0 aliphatic carbocycles. The third-order valence-electron chi connectivity index (χ3n) is 10.00. The first-order valence-electron chi connectivity index (χ1n) is 19.0. The van der Waals surface area contributed by atoms with E-state index in [-0.39, 0.29) is 63.1 Å². The molecule has 4 amide bonds. The molecule has 1 saturated heterocycles. The lowest BCUT2D eigenvalue weighted by Crippen LogP contribution is -2.51. The minimum atomic E-state index is -4.80. The summed E-state index contributed by atoms with van der Waals surface area (Å²) in [6, 6.07) is 9.81. The molecule has 1 aliphatic rings. The predicted molar refractivity (Wildman–Crippen MR) is 218 cm³/mol. The van der Waals surface area contributed by atoms with Gasteiger partial charge in [0.25, 0.3) is 11.8 Å². The van der Waals surface area contributed by atoms with E-state index in [0.717, 1.165) is 12.1 Å². The molecule has 60 heavy (non-hydrogen) atoms. The Morgan fingerprint density at radius 3 is 2.33 bits per heavy atom. The molecule has 0 unspecified atom stereocenters. The number of pyridine rings is 1. The van der Waals surface area contributed by atoms with Gasteiger partial charge in [-0.1, -0.05) is 56.6 Å². The number of aromatic nitrogens is 5. The van der Waals surface area contributed by atoms with Crippen LogP contribution in [0.3, 0.4) is 0 Å². The number of alkyl halides is 3. The van der Waals surface area contributed by atoms with E-state index >= 15 is 0 Å². The Morgan fingerprint density at radius 1 is 0.967 bits per heavy atom. The maximum absolute atomic E-state index is 14.5. The molecule has 4 heterocycles. The highest BCUT2D eigenvalue weighted by Crippen LogP contribution is 2.42. The normalized spacial score (nSPS) is 16.3. The molecular weight excluding hydrogens is 805 g/mol. The first-order chi connectivity index (χ1) is 28.5. The third kappa shape index (κ3) is 10.0. The number of halogens is 4. The second kappa shape index (κ2) is 18.2. The van der Waals surface area contributed by atoms with Crippen LogP contribution in [0, 0.1) is 11.8 Å². The van der Waals surface area contributed by atoms with Gasteiger partial charge < -0.3 is 40.9 Å². The molecule has 6 rings (SSSR count). The van der Waals surface area contributed by atoms with Crippen molar-refractivity contribution >= 4 is 46.9 Å². The summed E-state index contributed by atoms with van der Waals surface area (Å²) < 4.78 is 48.3. The number of amides is 4. The molecule has 4 atom stereocenters. The minimum absolute atomic E-state index is 0.0736. The quantitative estimate of drug-likeness (QED) is 0.0704. The highest BCUT2D eigenvalue weighted by molar-refractivity contribution is 6.34. The average Bonchev–Trinajstić information content (AvgIpc) is 4.01. The van der Waals surface area contributed by atoms with Gasteiger partial charge in [0.05, 0.1) is 59.4 Å². The van der Waals surface area contributed by atoms with Crippen molar-refractivity contribution in [2.75, 3.05) is 30.8 Å². The number of hydrogen-bond donors (Lipinski definition) is 6. The molecule has 19 heteroatoms. The number of H-pyrrole nitrogens is 2. The van der Waals surface area contributed by atoms with Crippen molar-refractivity contribution in [2.24, 2.45) is 11.8 Å². The number of nitrogens with zero attached hydrogens (tertiary/aromatic N) is 4. The number of ether oxygens (including phenoxy) is 1. The van der Waals surface area contributed by atoms with E-state index in [4.69, 9.17) is 16.3 Å². The number of likely N-dealkylation sites (tertiary alicyclic amines) is 1. The summed E-state index contributed by atoms with van der Waals surface area (Å²) in [6.07, 6.45) is 0.795. The number of imidazole rings is 2. The lowest BCUT2D eigenvalue weighted by Gasteiger charge is -2.30. The largest absolute Gasteiger partial charge is 0.453 e. The van der Waals surface area contributed by atoms with Crippen LogP contribution in [0.4, 0.5) is 29.5 Å². The number of rotatable bonds is 13. The van der Waals surface area contributed by atoms with Crippen LogP contribution in [0.25, 0.3) is 22.4 Å². The Hall–Kier alpha value is -6.43. The molecule has 3 aromatic heterocycles. The van der Waals surface area contributed by atoms with Crippen LogP contribution in [0.2, 0.25) is 5.02 Å². The lowest BCUT2D eigenvalue weighted by atomic mass is 9.97. The lowest BCUT2D eigenvalue weighted by molar-refractivity contribution is -0.137. The maximum Gasteiger partial charge on any atom is 0.417 e.